The van der Waals surface area contributed by atoms with E-state index in [-0.39, 0.29) is 125 Å². The number of aliphatic hydroxyl groups is 1. The Balaban J connectivity index is 0.687. The van der Waals surface area contributed by atoms with Gasteiger partial charge in [0.05, 0.1) is 78.8 Å². The Hall–Kier alpha value is -8.00. The van der Waals surface area contributed by atoms with Crippen molar-refractivity contribution < 1.29 is 65.2 Å². The van der Waals surface area contributed by atoms with E-state index in [0.29, 0.717) is 40.2 Å². The Labute approximate surface area is 494 Å². The van der Waals surface area contributed by atoms with Gasteiger partial charge in [0, 0.05) is 78.2 Å². The first-order valence-corrected chi connectivity index (χ1v) is 30.4. The second-order valence-electron chi connectivity index (χ2n) is 20.9. The summed E-state index contributed by atoms with van der Waals surface area (Å²) in [5.41, 5.74) is 5.91. The standard InChI is InChI=1S/C61H66F2N8O12S2/c1-5-26-85(78,79)69-49-17-16-48(62)52(53(49)63)55(73)47-32-66-57-46(47)27-43(31-65-57)38-10-12-39(13-11-38)58(74)64-18-19-80-20-21-81-22-23-82-24-25-83-51-28-40(56-37(4)68-35-84-56)14-15-41(51)30-67-59(75)50-29-44(72)34-70(50)61(77)54(36(2)3)71-33-42-8-6-7-9-45(42)60(71)76/h6-17,27-28,31-32,35-36,44,50,54,69,72H,5,18-26,29-30,33-34H2,1-4H3,(H,64,74)(H,65,66)(H,67,75)/t44-,50+,54+/m1/s1. The number of H-pyrrole nitrogens is 1. The summed E-state index contributed by atoms with van der Waals surface area (Å²) in [5.74, 6) is -4.92. The zero-order chi connectivity index (χ0) is 60.4. The highest BCUT2D eigenvalue weighted by Crippen LogP contribution is 2.35. The molecule has 0 aliphatic carbocycles. The van der Waals surface area contributed by atoms with Crippen molar-refractivity contribution in [3.63, 3.8) is 0 Å². The maximum absolute atomic E-state index is 15.5. The fourth-order valence-electron chi connectivity index (χ4n) is 10.3. The van der Waals surface area contributed by atoms with Crippen LogP contribution in [0.25, 0.3) is 32.6 Å². The largest absolute Gasteiger partial charge is 0.491 e. The molecule has 4 aromatic carbocycles. The van der Waals surface area contributed by atoms with Gasteiger partial charge in [0.1, 0.15) is 35.9 Å². The Morgan fingerprint density at radius 1 is 0.871 bits per heavy atom. The smallest absolute Gasteiger partial charge is 0.255 e. The van der Waals surface area contributed by atoms with Gasteiger partial charge in [0.25, 0.3) is 11.8 Å². The second-order valence-corrected chi connectivity index (χ2v) is 23.6. The fraction of sp³-hybridized carbons (Fsp3) is 0.361. The number of aromatic nitrogens is 3. The van der Waals surface area contributed by atoms with Gasteiger partial charge in [-0.2, -0.15) is 0 Å². The molecular weight excluding hydrogens is 1140 g/mol. The number of ketones is 1. The monoisotopic (exact) mass is 1200 g/mol. The molecule has 85 heavy (non-hydrogen) atoms. The highest BCUT2D eigenvalue weighted by atomic mass is 32.2. The van der Waals surface area contributed by atoms with Crippen LogP contribution in [0.4, 0.5) is 14.5 Å². The van der Waals surface area contributed by atoms with Crippen LogP contribution in [-0.4, -0.2) is 151 Å². The summed E-state index contributed by atoms with van der Waals surface area (Å²) in [7, 11) is -3.93. The van der Waals surface area contributed by atoms with Gasteiger partial charge in [0.15, 0.2) is 5.82 Å². The lowest BCUT2D eigenvalue weighted by molar-refractivity contribution is -0.143. The maximum atomic E-state index is 15.5. The summed E-state index contributed by atoms with van der Waals surface area (Å²) < 4.78 is 80.6. The lowest BCUT2D eigenvalue weighted by atomic mass is 9.99. The fourth-order valence-corrected chi connectivity index (χ4v) is 12.3. The number of amides is 4. The molecule has 20 nitrogen and oxygen atoms in total. The molecule has 7 aromatic rings. The van der Waals surface area contributed by atoms with Gasteiger partial charge in [-0.25, -0.2) is 27.2 Å². The van der Waals surface area contributed by atoms with Gasteiger partial charge in [0.2, 0.25) is 27.6 Å². The van der Waals surface area contributed by atoms with Crippen LogP contribution in [-0.2, 0) is 46.9 Å². The van der Waals surface area contributed by atoms with Crippen LogP contribution in [0.2, 0.25) is 0 Å². The van der Waals surface area contributed by atoms with Gasteiger partial charge in [-0.05, 0) is 78.4 Å². The number of thiazole rings is 1. The number of β-amino-alcohol motifs (C(OH)–C–C–N with tert-alkyl or cyclic N) is 1. The average molecular weight is 1210 g/mol. The molecule has 0 bridgehead atoms. The van der Waals surface area contributed by atoms with Crippen molar-refractivity contribution in [3.8, 4) is 27.3 Å². The van der Waals surface area contributed by atoms with E-state index < -0.39 is 62.8 Å². The number of carbonyl (C=O) groups is 5. The predicted molar refractivity (Wildman–Crippen MR) is 315 cm³/mol. The molecule has 24 heteroatoms. The molecule has 3 aromatic heterocycles. The number of rotatable bonds is 28. The summed E-state index contributed by atoms with van der Waals surface area (Å²) in [6.45, 7) is 9.63. The number of aryl methyl sites for hydroxylation is 1. The molecule has 0 saturated carbocycles. The average Bonchev–Trinajstić information content (AvgIpc) is 3.92. The van der Waals surface area contributed by atoms with Crippen LogP contribution < -0.4 is 20.1 Å². The number of benzene rings is 4. The van der Waals surface area contributed by atoms with Gasteiger partial charge in [-0.3, -0.25) is 28.7 Å². The zero-order valence-corrected chi connectivity index (χ0v) is 49.0. The van der Waals surface area contributed by atoms with Crippen LogP contribution in [0.5, 0.6) is 5.75 Å². The normalized spacial score (nSPS) is 15.4. The molecule has 5 N–H and O–H groups in total. The molecule has 3 atom stereocenters. The molecule has 1 fully saturated rings. The highest BCUT2D eigenvalue weighted by molar-refractivity contribution is 7.92. The van der Waals surface area contributed by atoms with Crippen molar-refractivity contribution in [2.75, 3.05) is 69.8 Å². The van der Waals surface area contributed by atoms with E-state index in [4.69, 9.17) is 18.9 Å². The number of pyridine rings is 1. The number of nitrogens with zero attached hydrogens (tertiary/aromatic N) is 4. The minimum absolute atomic E-state index is 0.0303. The van der Waals surface area contributed by atoms with Gasteiger partial charge >= 0.3 is 0 Å². The summed E-state index contributed by atoms with van der Waals surface area (Å²) >= 11 is 1.50. The minimum atomic E-state index is -3.93. The Kier molecular flexibility index (Phi) is 20.1. The number of aliphatic hydroxyl groups excluding tert-OH is 1. The topological polar surface area (TPSA) is 261 Å². The second kappa shape index (κ2) is 27.8. The molecule has 0 unspecified atom stereocenters. The first-order valence-electron chi connectivity index (χ1n) is 27.9. The summed E-state index contributed by atoms with van der Waals surface area (Å²) in [6, 6.07) is 21.2. The molecule has 448 valence electrons. The first kappa shape index (κ1) is 61.6. The lowest BCUT2D eigenvalue weighted by Crippen LogP contribution is -2.55. The molecule has 0 spiro atoms. The van der Waals surface area contributed by atoms with Crippen molar-refractivity contribution in [1.82, 2.24) is 35.4 Å². The summed E-state index contributed by atoms with van der Waals surface area (Å²) in [5, 5.41) is 16.8. The molecule has 4 amide bonds. The van der Waals surface area contributed by atoms with E-state index in [1.807, 2.05) is 51.1 Å². The Morgan fingerprint density at radius 3 is 2.29 bits per heavy atom. The number of nitrogens with one attached hydrogen (secondary N) is 4. The van der Waals surface area contributed by atoms with E-state index in [1.165, 1.54) is 22.4 Å². The number of sulfonamides is 1. The van der Waals surface area contributed by atoms with E-state index >= 15 is 4.39 Å². The van der Waals surface area contributed by atoms with Crippen molar-refractivity contribution in [2.45, 2.75) is 71.8 Å². The maximum Gasteiger partial charge on any atom is 0.255 e. The van der Waals surface area contributed by atoms with Gasteiger partial charge in [-0.1, -0.05) is 63.2 Å². The van der Waals surface area contributed by atoms with Crippen LogP contribution in [0.15, 0.2) is 103 Å². The van der Waals surface area contributed by atoms with Crippen molar-refractivity contribution in [1.29, 1.82) is 0 Å². The van der Waals surface area contributed by atoms with E-state index in [9.17, 15) is 41.9 Å². The number of likely N-dealkylation sites (tertiary alicyclic amines) is 1. The molecule has 1 saturated heterocycles. The summed E-state index contributed by atoms with van der Waals surface area (Å²) in [6.07, 6.45) is 2.23. The van der Waals surface area contributed by atoms with E-state index in [1.54, 1.807) is 66.0 Å². The van der Waals surface area contributed by atoms with Crippen molar-refractivity contribution >= 4 is 67.5 Å². The molecular formula is C61H66F2N8O12S2. The molecule has 5 heterocycles. The number of aromatic amines is 1. The third kappa shape index (κ3) is 14.6. The molecule has 0 radical (unpaired) electrons. The molecule has 9 rings (SSSR count). The van der Waals surface area contributed by atoms with Crippen LogP contribution in [0, 0.1) is 24.5 Å². The van der Waals surface area contributed by atoms with E-state index in [2.05, 4.69) is 30.3 Å². The van der Waals surface area contributed by atoms with Gasteiger partial charge in [-0.15, -0.1) is 11.3 Å². The zero-order valence-electron chi connectivity index (χ0n) is 47.3. The number of ether oxygens (including phenoxy) is 4. The number of fused-ring (bicyclic) bond motifs is 2. The van der Waals surface area contributed by atoms with Crippen molar-refractivity contribution in [3.05, 3.63) is 154 Å². The predicted octanol–water partition coefficient (Wildman–Crippen LogP) is 7.44. The van der Waals surface area contributed by atoms with Gasteiger partial charge < -0.3 is 49.5 Å². The van der Waals surface area contributed by atoms with Crippen LogP contribution >= 0.6 is 11.3 Å². The van der Waals surface area contributed by atoms with Crippen LogP contribution in [0.1, 0.15) is 87.1 Å². The SMILES string of the molecule is CCCS(=O)(=O)Nc1ccc(F)c(C(=O)c2c[nH]c3ncc(-c4ccc(C(=O)NCCOCCOCCOCCOc5cc(-c6scnc6C)ccc5CNC(=O)[C@@H]5C[C@@H](O)CN5C(=O)[C@H](C(C)C)N5Cc6ccccc6C5=O)cc4)cc23)c1F. The Bertz CT molecular complexity index is 3690. The van der Waals surface area contributed by atoms with Crippen molar-refractivity contribution in [2.24, 2.45) is 5.92 Å². The number of halogens is 2. The summed E-state index contributed by atoms with van der Waals surface area (Å²) in [4.78, 5) is 83.8. The number of carbonyl (C=O) groups excluding carboxylic acids is 5. The molecule has 2 aliphatic rings. The Morgan fingerprint density at radius 2 is 1.59 bits per heavy atom. The third-order valence-electron chi connectivity index (χ3n) is 14.5. The number of hydrogen-bond acceptors (Lipinski definition) is 15. The minimum Gasteiger partial charge on any atom is -0.491 e. The third-order valence-corrected chi connectivity index (χ3v) is 17.0. The highest BCUT2D eigenvalue weighted by Gasteiger charge is 2.46. The molecule has 2 aliphatic heterocycles. The number of anilines is 1. The lowest BCUT2D eigenvalue weighted by Gasteiger charge is -2.35. The number of hydrogen-bond donors (Lipinski definition) is 5. The quantitative estimate of drug-likeness (QED) is 0.0236. The van der Waals surface area contributed by atoms with Crippen LogP contribution in [0.3, 0.4) is 0 Å². The van der Waals surface area contributed by atoms with E-state index in [0.717, 1.165) is 33.8 Å². The first-order chi connectivity index (χ1) is 40.9.